The predicted octanol–water partition coefficient (Wildman–Crippen LogP) is 1.47. The molecule has 2 N–H and O–H groups in total. The van der Waals surface area contributed by atoms with Crippen LogP contribution >= 0.6 is 0 Å². The van der Waals surface area contributed by atoms with E-state index in [2.05, 4.69) is 20.0 Å². The summed E-state index contributed by atoms with van der Waals surface area (Å²) in [5.41, 5.74) is 1.28. The third-order valence-corrected chi connectivity index (χ3v) is 4.95. The van der Waals surface area contributed by atoms with E-state index in [-0.39, 0.29) is 19.0 Å². The Morgan fingerprint density at radius 1 is 1.18 bits per heavy atom. The van der Waals surface area contributed by atoms with Gasteiger partial charge in [0.1, 0.15) is 5.82 Å². The SMILES string of the molecule is CC(=O)OC(C(=O)Nc1ccc(-c2noc(=O)[nH]2)cc1)C1OCCN(c2ccc(F)cc2)C1=O. The van der Waals surface area contributed by atoms with E-state index in [0.29, 0.717) is 16.9 Å². The van der Waals surface area contributed by atoms with Crippen LogP contribution in [-0.2, 0) is 23.9 Å². The number of carbonyl (C=O) groups excluding carboxylic acids is 3. The number of nitrogens with zero attached hydrogens (tertiary/aromatic N) is 2. The maximum Gasteiger partial charge on any atom is 0.439 e. The number of anilines is 2. The summed E-state index contributed by atoms with van der Waals surface area (Å²) in [7, 11) is 0. The van der Waals surface area contributed by atoms with Crippen molar-refractivity contribution in [1.29, 1.82) is 0 Å². The minimum atomic E-state index is -1.57. The van der Waals surface area contributed by atoms with Gasteiger partial charge in [0.2, 0.25) is 6.10 Å². The van der Waals surface area contributed by atoms with Gasteiger partial charge in [0, 0.05) is 30.4 Å². The fourth-order valence-corrected chi connectivity index (χ4v) is 3.41. The fourth-order valence-electron chi connectivity index (χ4n) is 3.41. The molecular weight excluding hydrogens is 451 g/mol. The molecule has 3 aromatic rings. The summed E-state index contributed by atoms with van der Waals surface area (Å²) in [6.45, 7) is 1.36. The normalized spacial score (nSPS) is 16.7. The largest absolute Gasteiger partial charge is 0.449 e. The van der Waals surface area contributed by atoms with Gasteiger partial charge in [-0.1, -0.05) is 5.16 Å². The molecule has 0 radical (unpaired) electrons. The zero-order chi connectivity index (χ0) is 24.2. The van der Waals surface area contributed by atoms with Crippen LogP contribution in [0.1, 0.15) is 6.92 Å². The Balaban J connectivity index is 1.52. The molecular formula is C22H19FN4O7. The molecule has 12 heteroatoms. The van der Waals surface area contributed by atoms with Crippen LogP contribution in [-0.4, -0.2) is 53.3 Å². The molecule has 0 spiro atoms. The molecule has 0 bridgehead atoms. The number of halogens is 1. The Labute approximate surface area is 191 Å². The number of morpholine rings is 1. The summed E-state index contributed by atoms with van der Waals surface area (Å²) in [4.78, 5) is 52.6. The molecule has 2 atom stereocenters. The number of H-pyrrole nitrogens is 1. The summed E-state index contributed by atoms with van der Waals surface area (Å²) < 4.78 is 28.4. The van der Waals surface area contributed by atoms with Crippen LogP contribution < -0.4 is 16.0 Å². The van der Waals surface area contributed by atoms with Crippen LogP contribution in [0, 0.1) is 5.82 Å². The van der Waals surface area contributed by atoms with Crippen molar-refractivity contribution in [3.8, 4) is 11.4 Å². The Hall–Kier alpha value is -4.32. The first-order chi connectivity index (χ1) is 16.3. The average molecular weight is 470 g/mol. The Morgan fingerprint density at radius 3 is 2.50 bits per heavy atom. The van der Waals surface area contributed by atoms with E-state index in [0.717, 1.165) is 6.92 Å². The lowest BCUT2D eigenvalue weighted by molar-refractivity contribution is -0.167. The number of aromatic amines is 1. The molecule has 2 amide bonds. The first-order valence-corrected chi connectivity index (χ1v) is 10.1. The maximum atomic E-state index is 13.3. The van der Waals surface area contributed by atoms with Gasteiger partial charge in [-0.25, -0.2) is 9.18 Å². The zero-order valence-electron chi connectivity index (χ0n) is 17.8. The molecule has 1 fully saturated rings. The third-order valence-electron chi connectivity index (χ3n) is 4.95. The van der Waals surface area contributed by atoms with Crippen molar-refractivity contribution < 1.29 is 32.8 Å². The zero-order valence-corrected chi connectivity index (χ0v) is 17.8. The van der Waals surface area contributed by atoms with Crippen molar-refractivity contribution >= 4 is 29.2 Å². The van der Waals surface area contributed by atoms with E-state index in [1.54, 1.807) is 12.1 Å². The first-order valence-electron chi connectivity index (χ1n) is 10.1. The monoisotopic (exact) mass is 470 g/mol. The molecule has 4 rings (SSSR count). The molecule has 2 unspecified atom stereocenters. The molecule has 1 aliphatic heterocycles. The van der Waals surface area contributed by atoms with Gasteiger partial charge in [0.15, 0.2) is 11.9 Å². The van der Waals surface area contributed by atoms with Gasteiger partial charge in [0.25, 0.3) is 11.8 Å². The van der Waals surface area contributed by atoms with E-state index in [4.69, 9.17) is 9.47 Å². The van der Waals surface area contributed by atoms with E-state index < -0.39 is 41.6 Å². The number of hydrogen-bond acceptors (Lipinski definition) is 8. The Morgan fingerprint density at radius 2 is 1.88 bits per heavy atom. The van der Waals surface area contributed by atoms with Crippen molar-refractivity contribution in [2.24, 2.45) is 0 Å². The second-order valence-corrected chi connectivity index (χ2v) is 7.30. The van der Waals surface area contributed by atoms with E-state index in [1.165, 1.54) is 41.3 Å². The first kappa shape index (κ1) is 22.9. The summed E-state index contributed by atoms with van der Waals surface area (Å²) in [6.07, 6.45) is -2.97. The van der Waals surface area contributed by atoms with E-state index >= 15 is 0 Å². The van der Waals surface area contributed by atoms with Crippen LogP contribution in [0.5, 0.6) is 0 Å². The number of benzene rings is 2. The molecule has 2 aromatic carbocycles. The fraction of sp³-hybridized carbons (Fsp3) is 0.227. The number of nitrogens with one attached hydrogen (secondary N) is 2. The van der Waals surface area contributed by atoms with Crippen molar-refractivity contribution in [2.75, 3.05) is 23.4 Å². The highest BCUT2D eigenvalue weighted by Gasteiger charge is 2.42. The predicted molar refractivity (Wildman–Crippen MR) is 115 cm³/mol. The van der Waals surface area contributed by atoms with Crippen LogP contribution in [0.3, 0.4) is 0 Å². The van der Waals surface area contributed by atoms with Gasteiger partial charge >= 0.3 is 11.7 Å². The highest BCUT2D eigenvalue weighted by atomic mass is 19.1. The van der Waals surface area contributed by atoms with E-state index in [1.807, 2.05) is 0 Å². The van der Waals surface area contributed by atoms with Crippen LogP contribution in [0.4, 0.5) is 15.8 Å². The van der Waals surface area contributed by atoms with Crippen LogP contribution in [0.2, 0.25) is 0 Å². The Bertz CT molecular complexity index is 1250. The molecule has 0 saturated carbocycles. The van der Waals surface area contributed by atoms with Crippen molar-refractivity contribution in [1.82, 2.24) is 10.1 Å². The minimum absolute atomic E-state index is 0.0728. The lowest BCUT2D eigenvalue weighted by Gasteiger charge is -2.35. The summed E-state index contributed by atoms with van der Waals surface area (Å²) in [5.74, 6) is -3.12. The molecule has 1 saturated heterocycles. The Kier molecular flexibility index (Phi) is 6.50. The molecule has 0 aliphatic carbocycles. The summed E-state index contributed by atoms with van der Waals surface area (Å²) >= 11 is 0. The lowest BCUT2D eigenvalue weighted by Crippen LogP contribution is -2.56. The van der Waals surface area contributed by atoms with Gasteiger partial charge < -0.3 is 19.7 Å². The molecule has 1 aliphatic rings. The van der Waals surface area contributed by atoms with Crippen LogP contribution in [0.25, 0.3) is 11.4 Å². The second kappa shape index (κ2) is 9.67. The lowest BCUT2D eigenvalue weighted by atomic mass is 10.1. The smallest absolute Gasteiger partial charge is 0.439 e. The van der Waals surface area contributed by atoms with Crippen LogP contribution in [0.15, 0.2) is 57.8 Å². The number of carbonyl (C=O) groups is 3. The highest BCUT2D eigenvalue weighted by Crippen LogP contribution is 2.23. The number of amides is 2. The number of esters is 1. The third kappa shape index (κ3) is 5.02. The van der Waals surface area contributed by atoms with Gasteiger partial charge in [0.05, 0.1) is 6.61 Å². The number of ether oxygens (including phenoxy) is 2. The molecule has 34 heavy (non-hydrogen) atoms. The van der Waals surface area contributed by atoms with Gasteiger partial charge in [-0.3, -0.25) is 23.9 Å². The highest BCUT2D eigenvalue weighted by molar-refractivity contribution is 6.04. The molecule has 1 aromatic heterocycles. The number of rotatable bonds is 6. The van der Waals surface area contributed by atoms with Gasteiger partial charge in [-0.05, 0) is 48.5 Å². The van der Waals surface area contributed by atoms with Gasteiger partial charge in [-0.2, -0.15) is 0 Å². The standard InChI is InChI=1S/C22H19FN4O7/c1-12(28)33-17(18-21(30)27(10-11-32-18)16-8-4-14(23)5-9-16)20(29)24-15-6-2-13(3-7-15)19-25-22(31)34-26-19/h2-9,17-18H,10-11H2,1H3,(H,24,29)(H,25,26,31). The summed E-state index contributed by atoms with van der Waals surface area (Å²) in [6, 6.07) is 11.5. The maximum absolute atomic E-state index is 13.3. The molecule has 11 nitrogen and oxygen atoms in total. The number of hydrogen-bond donors (Lipinski definition) is 2. The summed E-state index contributed by atoms with van der Waals surface area (Å²) in [5, 5.41) is 6.16. The molecule has 176 valence electrons. The topological polar surface area (TPSA) is 144 Å². The van der Waals surface area contributed by atoms with Crippen molar-refractivity contribution in [2.45, 2.75) is 19.1 Å². The van der Waals surface area contributed by atoms with Crippen molar-refractivity contribution in [3.63, 3.8) is 0 Å². The van der Waals surface area contributed by atoms with E-state index in [9.17, 15) is 23.6 Å². The molecule has 2 heterocycles. The average Bonchev–Trinajstić information content (AvgIpc) is 3.25. The van der Waals surface area contributed by atoms with Gasteiger partial charge in [-0.15, -0.1) is 0 Å². The number of aromatic nitrogens is 2. The van der Waals surface area contributed by atoms with Crippen molar-refractivity contribution in [3.05, 3.63) is 64.9 Å². The second-order valence-electron chi connectivity index (χ2n) is 7.30. The quantitative estimate of drug-likeness (QED) is 0.516. The minimum Gasteiger partial charge on any atom is -0.449 e.